The second kappa shape index (κ2) is 8.66. The first-order valence-corrected chi connectivity index (χ1v) is 9.72. The first-order chi connectivity index (χ1) is 13.0. The summed E-state index contributed by atoms with van der Waals surface area (Å²) in [7, 11) is 0. The standard InChI is InChI=1S/C22H25ClO4/c1-3-25-21(24)19(23)14-16-8-10-18(11-9-16)26-15-22(2)13-12-17-6-4-5-7-20(17)27-22/h4-11,19H,3,12-15H2,1-2H3. The topological polar surface area (TPSA) is 44.8 Å². The van der Waals surface area contributed by atoms with Crippen LogP contribution in [0.15, 0.2) is 48.5 Å². The molecule has 27 heavy (non-hydrogen) atoms. The minimum absolute atomic E-state index is 0.333. The molecule has 2 atom stereocenters. The van der Waals surface area contributed by atoms with Gasteiger partial charge in [0.25, 0.3) is 0 Å². The van der Waals surface area contributed by atoms with E-state index < -0.39 is 5.38 Å². The highest BCUT2D eigenvalue weighted by molar-refractivity contribution is 6.30. The summed E-state index contributed by atoms with van der Waals surface area (Å²) in [4.78, 5) is 11.6. The number of aryl methyl sites for hydroxylation is 1. The Labute approximate surface area is 165 Å². The van der Waals surface area contributed by atoms with Crippen LogP contribution in [0.3, 0.4) is 0 Å². The molecule has 5 heteroatoms. The monoisotopic (exact) mass is 388 g/mol. The number of ether oxygens (including phenoxy) is 3. The van der Waals surface area contributed by atoms with Gasteiger partial charge in [0.15, 0.2) is 0 Å². The Bertz CT molecular complexity index is 774. The summed E-state index contributed by atoms with van der Waals surface area (Å²) in [6, 6.07) is 15.8. The zero-order valence-electron chi connectivity index (χ0n) is 15.7. The van der Waals surface area contributed by atoms with Gasteiger partial charge in [0.2, 0.25) is 0 Å². The lowest BCUT2D eigenvalue weighted by atomic mass is 9.93. The fourth-order valence-electron chi connectivity index (χ4n) is 3.11. The number of carbonyl (C=O) groups excluding carboxylic acids is 1. The molecule has 0 fully saturated rings. The van der Waals surface area contributed by atoms with Crippen molar-refractivity contribution in [2.45, 2.75) is 44.1 Å². The summed E-state index contributed by atoms with van der Waals surface area (Å²) in [5.74, 6) is 1.32. The minimum Gasteiger partial charge on any atom is -0.489 e. The molecule has 2 aromatic rings. The van der Waals surface area contributed by atoms with Crippen molar-refractivity contribution in [2.24, 2.45) is 0 Å². The van der Waals surface area contributed by atoms with Gasteiger partial charge < -0.3 is 14.2 Å². The zero-order valence-corrected chi connectivity index (χ0v) is 16.5. The third-order valence-corrected chi connectivity index (χ3v) is 5.01. The third kappa shape index (κ3) is 5.16. The number of halogens is 1. The minimum atomic E-state index is -0.675. The number of hydrogen-bond donors (Lipinski definition) is 0. The van der Waals surface area contributed by atoms with Crippen LogP contribution in [0.4, 0.5) is 0 Å². The van der Waals surface area contributed by atoms with Gasteiger partial charge in [-0.1, -0.05) is 30.3 Å². The molecule has 0 aliphatic carbocycles. The van der Waals surface area contributed by atoms with Crippen molar-refractivity contribution in [1.82, 2.24) is 0 Å². The fraction of sp³-hybridized carbons (Fsp3) is 0.409. The molecule has 2 unspecified atom stereocenters. The number of esters is 1. The number of hydrogen-bond acceptors (Lipinski definition) is 4. The van der Waals surface area contributed by atoms with E-state index in [1.807, 2.05) is 42.5 Å². The molecule has 4 nitrogen and oxygen atoms in total. The molecule has 0 saturated carbocycles. The van der Waals surface area contributed by atoms with Gasteiger partial charge in [0, 0.05) is 0 Å². The van der Waals surface area contributed by atoms with Gasteiger partial charge in [-0.2, -0.15) is 0 Å². The van der Waals surface area contributed by atoms with Gasteiger partial charge in [-0.05, 0) is 62.4 Å². The Balaban J connectivity index is 1.54. The number of carbonyl (C=O) groups is 1. The van der Waals surface area contributed by atoms with Crippen LogP contribution in [0.2, 0.25) is 0 Å². The maximum atomic E-state index is 11.6. The first kappa shape index (κ1) is 19.6. The lowest BCUT2D eigenvalue weighted by Gasteiger charge is -2.35. The Morgan fingerprint density at radius 3 is 2.70 bits per heavy atom. The molecule has 0 aromatic heterocycles. The molecule has 144 valence electrons. The molecular weight excluding hydrogens is 364 g/mol. The predicted octanol–water partition coefficient (Wildman–Crippen LogP) is 4.56. The summed E-state index contributed by atoms with van der Waals surface area (Å²) in [6.07, 6.45) is 2.33. The fourth-order valence-corrected chi connectivity index (χ4v) is 3.35. The van der Waals surface area contributed by atoms with Crippen LogP contribution in [0.1, 0.15) is 31.4 Å². The molecule has 1 heterocycles. The largest absolute Gasteiger partial charge is 0.489 e. The number of rotatable bonds is 7. The smallest absolute Gasteiger partial charge is 0.324 e. The van der Waals surface area contributed by atoms with E-state index >= 15 is 0 Å². The van der Waals surface area contributed by atoms with Crippen molar-refractivity contribution in [1.29, 1.82) is 0 Å². The van der Waals surface area contributed by atoms with Gasteiger partial charge in [-0.3, -0.25) is 4.79 Å². The van der Waals surface area contributed by atoms with Crippen molar-refractivity contribution < 1.29 is 19.0 Å². The average molecular weight is 389 g/mol. The van der Waals surface area contributed by atoms with E-state index in [0.29, 0.717) is 19.6 Å². The Morgan fingerprint density at radius 2 is 1.96 bits per heavy atom. The molecule has 0 spiro atoms. The van der Waals surface area contributed by atoms with Crippen molar-refractivity contribution in [2.75, 3.05) is 13.2 Å². The van der Waals surface area contributed by atoms with Crippen molar-refractivity contribution >= 4 is 17.6 Å². The summed E-state index contributed by atoms with van der Waals surface area (Å²) in [6.45, 7) is 4.65. The third-order valence-electron chi connectivity index (χ3n) is 4.68. The van der Waals surface area contributed by atoms with Gasteiger partial charge in [-0.25, -0.2) is 0 Å². The van der Waals surface area contributed by atoms with E-state index in [1.165, 1.54) is 5.56 Å². The van der Waals surface area contributed by atoms with E-state index in [4.69, 9.17) is 25.8 Å². The van der Waals surface area contributed by atoms with Gasteiger partial charge in [0.1, 0.15) is 29.1 Å². The summed E-state index contributed by atoms with van der Waals surface area (Å²) < 4.78 is 17.1. The first-order valence-electron chi connectivity index (χ1n) is 9.28. The van der Waals surface area contributed by atoms with Crippen LogP contribution in [-0.2, 0) is 22.4 Å². The molecule has 3 rings (SSSR count). The normalized spacial score (nSPS) is 19.5. The number of alkyl halides is 1. The predicted molar refractivity (Wildman–Crippen MR) is 106 cm³/mol. The summed E-state index contributed by atoms with van der Waals surface area (Å²) in [5, 5.41) is -0.675. The number of benzene rings is 2. The van der Waals surface area contributed by atoms with Gasteiger partial charge in [-0.15, -0.1) is 11.6 Å². The SMILES string of the molecule is CCOC(=O)C(Cl)Cc1ccc(OCC2(C)CCc3ccccc3O2)cc1. The maximum absolute atomic E-state index is 11.6. The quantitative estimate of drug-likeness (QED) is 0.515. The molecule has 0 amide bonds. The van der Waals surface area contributed by atoms with Crippen LogP contribution in [-0.4, -0.2) is 30.2 Å². The Morgan fingerprint density at radius 1 is 1.22 bits per heavy atom. The molecule has 0 saturated heterocycles. The molecule has 0 radical (unpaired) electrons. The average Bonchev–Trinajstić information content (AvgIpc) is 2.67. The summed E-state index contributed by atoms with van der Waals surface area (Å²) in [5.41, 5.74) is 1.86. The van der Waals surface area contributed by atoms with Gasteiger partial charge >= 0.3 is 5.97 Å². The molecule has 0 bridgehead atoms. The summed E-state index contributed by atoms with van der Waals surface area (Å²) >= 11 is 6.08. The lowest BCUT2D eigenvalue weighted by Crippen LogP contribution is -2.42. The van der Waals surface area contributed by atoms with E-state index in [9.17, 15) is 4.79 Å². The highest BCUT2D eigenvalue weighted by Crippen LogP contribution is 2.33. The van der Waals surface area contributed by atoms with Crippen LogP contribution in [0.5, 0.6) is 11.5 Å². The van der Waals surface area contributed by atoms with Crippen molar-refractivity contribution in [3.63, 3.8) is 0 Å². The van der Waals surface area contributed by atoms with Crippen LogP contribution >= 0.6 is 11.6 Å². The molecule has 1 aliphatic rings. The van der Waals surface area contributed by atoms with Crippen LogP contribution in [0.25, 0.3) is 0 Å². The number of para-hydroxylation sites is 1. The lowest BCUT2D eigenvalue weighted by molar-refractivity contribution is -0.142. The Kier molecular flexibility index (Phi) is 6.27. The van der Waals surface area contributed by atoms with E-state index in [1.54, 1.807) is 6.92 Å². The van der Waals surface area contributed by atoms with E-state index in [2.05, 4.69) is 13.0 Å². The molecule has 1 aliphatic heterocycles. The van der Waals surface area contributed by atoms with Crippen LogP contribution in [0, 0.1) is 0 Å². The van der Waals surface area contributed by atoms with Crippen molar-refractivity contribution in [3.8, 4) is 11.5 Å². The Hall–Kier alpha value is -2.20. The van der Waals surface area contributed by atoms with E-state index in [-0.39, 0.29) is 11.6 Å². The highest BCUT2D eigenvalue weighted by atomic mass is 35.5. The molecule has 0 N–H and O–H groups in total. The second-order valence-electron chi connectivity index (χ2n) is 7.02. The zero-order chi connectivity index (χ0) is 19.3. The second-order valence-corrected chi connectivity index (χ2v) is 7.54. The van der Waals surface area contributed by atoms with E-state index in [0.717, 1.165) is 29.9 Å². The highest BCUT2D eigenvalue weighted by Gasteiger charge is 2.32. The molecule has 2 aromatic carbocycles. The number of fused-ring (bicyclic) bond motifs is 1. The van der Waals surface area contributed by atoms with Crippen molar-refractivity contribution in [3.05, 3.63) is 59.7 Å². The molecular formula is C22H25ClO4. The maximum Gasteiger partial charge on any atom is 0.324 e. The van der Waals surface area contributed by atoms with Gasteiger partial charge in [0.05, 0.1) is 6.61 Å². The van der Waals surface area contributed by atoms with Crippen LogP contribution < -0.4 is 9.47 Å².